The molecule has 2 saturated carbocycles. The van der Waals surface area contributed by atoms with E-state index in [0.29, 0.717) is 75.7 Å². The second-order valence-electron chi connectivity index (χ2n) is 30.0. The third-order valence-corrected chi connectivity index (χ3v) is 26.7. The fourth-order valence-electron chi connectivity index (χ4n) is 16.9. The van der Waals surface area contributed by atoms with Gasteiger partial charge < -0.3 is 38.2 Å². The molecule has 12 atom stereocenters. The number of hydrogen-bond donors (Lipinski definition) is 2. The number of allylic oxidation sites excluding steroid dienone is 2. The van der Waals surface area contributed by atoms with E-state index in [-0.39, 0.29) is 92.2 Å². The zero-order chi connectivity index (χ0) is 74.7. The molecular formula is C80H96Cl2N10O12S2. The van der Waals surface area contributed by atoms with Crippen molar-refractivity contribution in [3.05, 3.63) is 189 Å². The van der Waals surface area contributed by atoms with Crippen molar-refractivity contribution in [1.29, 1.82) is 0 Å². The number of anilines is 2. The van der Waals surface area contributed by atoms with Gasteiger partial charge in [-0.05, 0) is 195 Å². The molecule has 4 bridgehead atoms. The number of halogens is 2. The molecule has 4 aromatic carbocycles. The van der Waals surface area contributed by atoms with Gasteiger partial charge in [-0.25, -0.2) is 8.42 Å². The molecule has 564 valence electrons. The summed E-state index contributed by atoms with van der Waals surface area (Å²) in [6, 6.07) is 23.0. The molecule has 2 fully saturated rings. The molecule has 14 rings (SSSR count). The number of fused-ring (bicyclic) bond motifs is 8. The Kier molecular flexibility index (Phi) is 23.1. The average Bonchev–Trinajstić information content (AvgIpc) is 1.49. The van der Waals surface area contributed by atoms with Gasteiger partial charge in [0.25, 0.3) is 23.6 Å². The molecule has 6 aromatic rings. The van der Waals surface area contributed by atoms with Crippen LogP contribution in [-0.4, -0.2) is 142 Å². The van der Waals surface area contributed by atoms with E-state index in [1.807, 2.05) is 50.2 Å². The molecule has 4 aliphatic heterocycles. The largest absolute Gasteiger partial charge is 0.490 e. The van der Waals surface area contributed by atoms with Crippen LogP contribution in [0.4, 0.5) is 11.4 Å². The first-order valence-corrected chi connectivity index (χ1v) is 40.9. The number of carbonyl (C=O) groups is 4. The van der Waals surface area contributed by atoms with Gasteiger partial charge in [0.1, 0.15) is 42.5 Å². The third-order valence-electron chi connectivity index (χ3n) is 22.3. The topological polar surface area (TPSA) is 249 Å². The lowest BCUT2D eigenvalue weighted by Gasteiger charge is -2.46. The van der Waals surface area contributed by atoms with Crippen molar-refractivity contribution < 1.29 is 56.0 Å². The Bertz CT molecular complexity index is 4400. The minimum atomic E-state index is -3.62. The van der Waals surface area contributed by atoms with Crippen molar-refractivity contribution in [2.75, 3.05) is 88.1 Å². The highest BCUT2D eigenvalue weighted by molar-refractivity contribution is 7.92. The number of ether oxygens (including phenoxy) is 6. The fraction of sp³-hybridized carbons (Fsp3) is 0.475. The van der Waals surface area contributed by atoms with E-state index in [4.69, 9.17) is 51.6 Å². The van der Waals surface area contributed by atoms with Gasteiger partial charge in [0, 0.05) is 84.7 Å². The summed E-state index contributed by atoms with van der Waals surface area (Å²) in [7, 11) is -1.11. The summed E-state index contributed by atoms with van der Waals surface area (Å²) in [5, 5.41) is 9.77. The smallest absolute Gasteiger partial charge is 0.286 e. The predicted molar refractivity (Wildman–Crippen MR) is 413 cm³/mol. The molecule has 4 amide bonds. The van der Waals surface area contributed by atoms with E-state index in [2.05, 4.69) is 99.9 Å². The van der Waals surface area contributed by atoms with Crippen LogP contribution in [0.15, 0.2) is 144 Å². The zero-order valence-corrected chi connectivity index (χ0v) is 64.3. The number of nitrogens with zero attached hydrogens (tertiary/aromatic N) is 8. The number of hydrogen-bond acceptors (Lipinski definition) is 16. The molecule has 2 N–H and O–H groups in total. The van der Waals surface area contributed by atoms with Crippen LogP contribution in [0.2, 0.25) is 10.0 Å². The predicted octanol–water partition coefficient (Wildman–Crippen LogP) is 13.4. The van der Waals surface area contributed by atoms with E-state index in [9.17, 15) is 27.6 Å². The second kappa shape index (κ2) is 32.3. The Hall–Kier alpha value is -8.26. The van der Waals surface area contributed by atoms with Crippen molar-refractivity contribution in [3.63, 3.8) is 0 Å². The van der Waals surface area contributed by atoms with Gasteiger partial charge in [-0.2, -0.15) is 0 Å². The molecule has 8 aliphatic rings. The second-order valence-corrected chi connectivity index (χ2v) is 34.9. The van der Waals surface area contributed by atoms with Crippen LogP contribution in [-0.2, 0) is 67.1 Å². The first-order chi connectivity index (χ1) is 51.0. The van der Waals surface area contributed by atoms with E-state index < -0.39 is 43.5 Å². The summed E-state index contributed by atoms with van der Waals surface area (Å²) in [4.78, 5) is 60.0. The summed E-state index contributed by atoms with van der Waals surface area (Å²) in [6.07, 6.45) is 25.8. The highest BCUT2D eigenvalue weighted by Gasteiger charge is 2.47. The van der Waals surface area contributed by atoms with Crippen LogP contribution in [0, 0.1) is 35.5 Å². The lowest BCUT2D eigenvalue weighted by Crippen LogP contribution is -2.49. The maximum Gasteiger partial charge on any atom is 0.286 e. The van der Waals surface area contributed by atoms with Gasteiger partial charge in [-0.15, -0.1) is 32.1 Å². The SMILES string of the molecule is C=CCO[C@@H]1/C=C\C[C@H](C)CS(=O)(NC(=O)c2cn(C)nc2OC)=NC(=O)c2ccc3c(c2)N(C[C@@H]2CC[C@H]21)C[C@@]1(CCCc2cc(Cl)ccc21)CO3.C=CCO[C@H]1/C=C/C[C@H](C)CS(=O)(NC(=O)c2cn(C)nc2OC)=NC(=O)c2ccc3c(c2)N(C[C@@H]2CC[C@H]21)C[C@@]1(CCCc2cc(Cl)ccc21)CO3. The number of carbonyl (C=O) groups excluding carboxylic acids is 4. The van der Waals surface area contributed by atoms with Crippen molar-refractivity contribution in [2.45, 2.75) is 114 Å². The molecule has 0 radical (unpaired) electrons. The van der Waals surface area contributed by atoms with Gasteiger partial charge in [-0.3, -0.25) is 38.0 Å². The highest BCUT2D eigenvalue weighted by atomic mass is 35.5. The first kappa shape index (κ1) is 76.0. The monoisotopic (exact) mass is 1520 g/mol. The number of aryl methyl sites for hydroxylation is 4. The minimum Gasteiger partial charge on any atom is -0.490 e. The van der Waals surface area contributed by atoms with Crippen molar-refractivity contribution in [1.82, 2.24) is 29.0 Å². The molecule has 2 unspecified atom stereocenters. The molecule has 26 heteroatoms. The zero-order valence-electron chi connectivity index (χ0n) is 61.2. The standard InChI is InChI=1S/2C40H48ClN5O6S/c2*1-5-18-51-35-10-6-8-26(2)23-53(49,44-38(48)32-22-45(3)42-39(32)50-4)43-37(47)28-12-16-36-34(20-28)46(21-29-11-14-31(29)35)24-40(25-52-36)17-7-9-27-19-30(41)13-15-33(27)40/h2*5-6,10,12-13,15-16,19-20,22,26,29,31,35H,1,7-9,11,14,17-18,21,23-25H2,2-4H3,(H,43,44,47,48,49)/b10-6+;10-6-/t26-,29-,31+,35-,40-,53?;26-,29-,31+,35+,40-,53?/m00/s1. The Morgan fingerprint density at radius 3 is 1.43 bits per heavy atom. The molecule has 22 nitrogen and oxygen atoms in total. The summed E-state index contributed by atoms with van der Waals surface area (Å²) >= 11 is 12.9. The van der Waals surface area contributed by atoms with Crippen LogP contribution in [0.3, 0.4) is 0 Å². The van der Waals surface area contributed by atoms with Crippen molar-refractivity contribution in [3.8, 4) is 23.3 Å². The van der Waals surface area contributed by atoms with E-state index in [0.717, 1.165) is 98.7 Å². The van der Waals surface area contributed by atoms with Gasteiger partial charge >= 0.3 is 0 Å². The summed E-state index contributed by atoms with van der Waals surface area (Å²) < 4.78 is 82.5. The van der Waals surface area contributed by atoms with E-state index in [1.54, 1.807) is 38.4 Å². The Morgan fingerprint density at radius 1 is 0.623 bits per heavy atom. The highest BCUT2D eigenvalue weighted by Crippen LogP contribution is 2.50. The molecular weight excluding hydrogens is 1430 g/mol. The molecule has 106 heavy (non-hydrogen) atoms. The fourth-order valence-corrected chi connectivity index (χ4v) is 21.1. The molecule has 2 spiro atoms. The minimum absolute atomic E-state index is 0.0479. The Labute approximate surface area is 632 Å². The molecule has 4 aliphatic carbocycles. The Balaban J connectivity index is 0.000000188. The average molecular weight is 1520 g/mol. The van der Waals surface area contributed by atoms with Crippen LogP contribution in [0.25, 0.3) is 0 Å². The number of aromatic nitrogens is 4. The number of amides is 4. The first-order valence-electron chi connectivity index (χ1n) is 36.8. The third kappa shape index (κ3) is 16.6. The van der Waals surface area contributed by atoms with Gasteiger partial charge in [0.15, 0.2) is 0 Å². The molecule has 0 saturated heterocycles. The van der Waals surface area contributed by atoms with Gasteiger partial charge in [-0.1, -0.05) is 85.6 Å². The summed E-state index contributed by atoms with van der Waals surface area (Å²) in [5.41, 5.74) is 6.76. The van der Waals surface area contributed by atoms with Crippen LogP contribution >= 0.6 is 23.2 Å². The lowest BCUT2D eigenvalue weighted by atomic mass is 9.68. The van der Waals surface area contributed by atoms with Crippen molar-refractivity contribution in [2.24, 2.45) is 58.3 Å². The maximum atomic E-state index is 14.6. The molecule has 2 aromatic heterocycles. The lowest BCUT2D eigenvalue weighted by molar-refractivity contribution is -0.00231. The normalized spacial score (nSPS) is 29.0. The number of benzene rings is 4. The quantitative estimate of drug-likeness (QED) is 0.108. The van der Waals surface area contributed by atoms with Gasteiger partial charge in [0.2, 0.25) is 11.8 Å². The Morgan fingerprint density at radius 2 is 1.05 bits per heavy atom. The van der Waals surface area contributed by atoms with Crippen LogP contribution in [0.1, 0.15) is 142 Å². The summed E-state index contributed by atoms with van der Waals surface area (Å²) in [6.45, 7) is 16.3. The van der Waals surface area contributed by atoms with Gasteiger partial charge in [0.05, 0.1) is 75.7 Å². The van der Waals surface area contributed by atoms with Crippen LogP contribution < -0.4 is 38.2 Å². The summed E-state index contributed by atoms with van der Waals surface area (Å²) in [5.74, 6) is -0.444. The van der Waals surface area contributed by atoms with Crippen molar-refractivity contribution >= 4 is 78.0 Å². The number of methoxy groups -OCH3 is 2. The maximum absolute atomic E-state index is 14.6. The van der Waals surface area contributed by atoms with E-state index in [1.165, 1.54) is 58.2 Å². The molecule has 6 heterocycles. The van der Waals surface area contributed by atoms with E-state index >= 15 is 0 Å². The number of rotatable bonds is 12. The van der Waals surface area contributed by atoms with Crippen LogP contribution in [0.5, 0.6) is 23.3 Å². The number of nitrogens with one attached hydrogen (secondary N) is 2.